The van der Waals surface area contributed by atoms with Crippen LogP contribution < -0.4 is 9.91 Å². The monoisotopic (exact) mass is 549 g/mol. The number of aromatic nitrogens is 2. The van der Waals surface area contributed by atoms with E-state index < -0.39 is 23.8 Å². The van der Waals surface area contributed by atoms with Gasteiger partial charge in [-0.3, -0.25) is 4.98 Å². The van der Waals surface area contributed by atoms with Crippen molar-refractivity contribution < 1.29 is 13.8 Å². The predicted octanol–water partition coefficient (Wildman–Crippen LogP) is 5.61. The molecule has 0 saturated carbocycles. The van der Waals surface area contributed by atoms with E-state index in [9.17, 15) is 9.32 Å². The van der Waals surface area contributed by atoms with E-state index in [2.05, 4.69) is 48.6 Å². The van der Waals surface area contributed by atoms with Gasteiger partial charge in [0.1, 0.15) is 5.69 Å². The minimum Gasteiger partial charge on any atom is -0.396 e. The number of nitrogens with zero attached hydrogens (tertiary/aromatic N) is 2. The molecule has 0 unspecified atom stereocenters. The number of hydrogen-bond acceptors (Lipinski definition) is 5. The second kappa shape index (κ2) is 11.2. The highest BCUT2D eigenvalue weighted by Gasteiger charge is 2.29. The Bertz CT molecular complexity index is 1450. The van der Waals surface area contributed by atoms with Gasteiger partial charge in [-0.15, -0.1) is 0 Å². The lowest BCUT2D eigenvalue weighted by molar-refractivity contribution is 0.298. The van der Waals surface area contributed by atoms with E-state index in [-0.39, 0.29) is 12.6 Å². The van der Waals surface area contributed by atoms with Crippen molar-refractivity contribution in [1.82, 2.24) is 14.9 Å². The van der Waals surface area contributed by atoms with Gasteiger partial charge in [0.15, 0.2) is 5.58 Å². The summed E-state index contributed by atoms with van der Waals surface area (Å²) in [5, 5.41) is 16.4. The summed E-state index contributed by atoms with van der Waals surface area (Å²) in [6.07, 6.45) is 1.06. The zero-order valence-corrected chi connectivity index (χ0v) is 25.3. The minimum atomic E-state index is -1.67. The van der Waals surface area contributed by atoms with Crippen molar-refractivity contribution in [3.63, 3.8) is 0 Å². The molecule has 2 aromatic heterocycles. The number of aliphatic hydroxyl groups excluding tert-OH is 1. The first-order valence-corrected chi connectivity index (χ1v) is 17.8. The number of para-hydroxylation sites is 1. The predicted molar refractivity (Wildman–Crippen MR) is 160 cm³/mol. The zero-order valence-electron chi connectivity index (χ0n) is 23.5. The third-order valence-electron chi connectivity index (χ3n) is 6.77. The van der Waals surface area contributed by atoms with E-state index in [0.29, 0.717) is 12.8 Å². The van der Waals surface area contributed by atoms with Crippen LogP contribution >= 0.6 is 0 Å². The van der Waals surface area contributed by atoms with Gasteiger partial charge in [0, 0.05) is 41.8 Å². The Morgan fingerprint density at radius 2 is 1.76 bits per heavy atom. The maximum Gasteiger partial charge on any atom is 0.167 e. The summed E-state index contributed by atoms with van der Waals surface area (Å²) in [5.41, 5.74) is 6.49. The molecule has 0 spiro atoms. The van der Waals surface area contributed by atoms with Crippen LogP contribution in [0.1, 0.15) is 49.3 Å². The van der Waals surface area contributed by atoms with E-state index in [0.717, 1.165) is 39.2 Å². The highest BCUT2D eigenvalue weighted by atomic mass is 32.2. The molecule has 2 heterocycles. The molecule has 38 heavy (non-hydrogen) atoms. The summed E-state index contributed by atoms with van der Waals surface area (Å²) in [5.74, 6) is 0. The van der Waals surface area contributed by atoms with Gasteiger partial charge < -0.3 is 9.63 Å². The molecule has 0 fully saturated rings. The molecule has 0 aliphatic rings. The Labute approximate surface area is 229 Å². The summed E-state index contributed by atoms with van der Waals surface area (Å²) in [6.45, 7) is 15.1. The van der Waals surface area contributed by atoms with Crippen LogP contribution in [-0.2, 0) is 23.8 Å². The zero-order chi connectivity index (χ0) is 27.7. The van der Waals surface area contributed by atoms with Crippen molar-refractivity contribution in [1.29, 1.82) is 0 Å². The van der Waals surface area contributed by atoms with E-state index >= 15 is 0 Å². The normalized spacial score (nSPS) is 14.1. The molecule has 2 aromatic carbocycles. The number of nitrogens with one attached hydrogen (secondary N) is 1. The van der Waals surface area contributed by atoms with Gasteiger partial charge in [-0.25, -0.2) is 8.93 Å². The van der Waals surface area contributed by atoms with Gasteiger partial charge in [0.2, 0.25) is 0 Å². The second-order valence-electron chi connectivity index (χ2n) is 11.8. The van der Waals surface area contributed by atoms with Crippen LogP contribution in [0, 0.1) is 6.92 Å². The van der Waals surface area contributed by atoms with Gasteiger partial charge >= 0.3 is 0 Å². The number of pyridine rings is 1. The van der Waals surface area contributed by atoms with Crippen LogP contribution in [0.3, 0.4) is 0 Å². The fourth-order valence-corrected chi connectivity index (χ4v) is 7.44. The summed E-state index contributed by atoms with van der Waals surface area (Å²) >= 11 is 0. The summed E-state index contributed by atoms with van der Waals surface area (Å²) in [7, 11) is -2.99. The lowest BCUT2D eigenvalue weighted by Gasteiger charge is -2.28. The van der Waals surface area contributed by atoms with E-state index in [1.165, 1.54) is 10.8 Å². The van der Waals surface area contributed by atoms with Crippen molar-refractivity contribution in [2.45, 2.75) is 71.0 Å². The summed E-state index contributed by atoms with van der Waals surface area (Å²) in [6, 6.07) is 17.8. The summed E-state index contributed by atoms with van der Waals surface area (Å²) < 4.78 is 22.1. The Kier molecular flexibility index (Phi) is 8.37. The molecule has 0 aliphatic carbocycles. The van der Waals surface area contributed by atoms with E-state index in [1.807, 2.05) is 63.2 Å². The maximum absolute atomic E-state index is 13.4. The van der Waals surface area contributed by atoms with Crippen molar-refractivity contribution in [3.05, 3.63) is 77.1 Å². The molecule has 8 heteroatoms. The van der Waals surface area contributed by atoms with E-state index in [1.54, 1.807) is 0 Å². The molecule has 6 nitrogen and oxygen atoms in total. The third-order valence-corrected chi connectivity index (χ3v) is 10.5. The van der Waals surface area contributed by atoms with Crippen LogP contribution in [0.2, 0.25) is 19.6 Å². The Hall–Kier alpha value is -2.65. The first-order chi connectivity index (χ1) is 17.9. The molecule has 0 aliphatic heterocycles. The first kappa shape index (κ1) is 28.4. The van der Waals surface area contributed by atoms with Crippen LogP contribution in [0.15, 0.2) is 59.1 Å². The van der Waals surface area contributed by atoms with Crippen LogP contribution in [0.25, 0.3) is 22.2 Å². The fraction of sp³-hybridized carbons (Fsp3) is 0.400. The highest BCUT2D eigenvalue weighted by molar-refractivity contribution is 7.84. The van der Waals surface area contributed by atoms with Crippen molar-refractivity contribution in [2.75, 3.05) is 6.61 Å². The standard InChI is InChI=1S/C30H39N3O3SSi/c1-20-25(31-21(16-17-34)18-28(20)38(5,6)7)19-26(33-37(35)30(2,3)4)22-12-8-9-13-23(22)29-24-14-10-11-15-27(24)36-32-29/h8-15,18,26,33-34H,16-17,19H2,1-7H3/t26-,37-/m0/s1. The van der Waals surface area contributed by atoms with Crippen LogP contribution in [0.5, 0.6) is 0 Å². The molecule has 202 valence electrons. The average Bonchev–Trinajstić information content (AvgIpc) is 3.28. The first-order valence-electron chi connectivity index (χ1n) is 13.1. The molecule has 4 rings (SSSR count). The number of aliphatic hydroxyl groups is 1. The Balaban J connectivity index is 1.87. The molecule has 2 N–H and O–H groups in total. The van der Waals surface area contributed by atoms with Gasteiger partial charge in [0.25, 0.3) is 0 Å². The quantitative estimate of drug-likeness (QED) is 0.265. The topological polar surface area (TPSA) is 88.3 Å². The lowest BCUT2D eigenvalue weighted by Crippen LogP contribution is -2.41. The fourth-order valence-electron chi connectivity index (χ4n) is 4.75. The molecule has 4 aromatic rings. The molecular formula is C30H39N3O3SSi. The molecule has 0 amide bonds. The van der Waals surface area contributed by atoms with E-state index in [4.69, 9.17) is 9.51 Å². The lowest BCUT2D eigenvalue weighted by atomic mass is 9.93. The SMILES string of the molecule is Cc1c([Si](C)(C)C)cc(CCO)nc1C[C@H](N[S@@](=O)C(C)(C)C)c1ccccc1-c1noc2ccccc12. The maximum atomic E-state index is 13.4. The van der Waals surface area contributed by atoms with Crippen molar-refractivity contribution in [2.24, 2.45) is 0 Å². The molecular weight excluding hydrogens is 511 g/mol. The second-order valence-corrected chi connectivity index (χ2v) is 18.9. The van der Waals surface area contributed by atoms with Gasteiger partial charge in [-0.05, 0) is 57.0 Å². The van der Waals surface area contributed by atoms with Gasteiger partial charge in [-0.2, -0.15) is 0 Å². The average molecular weight is 550 g/mol. The van der Waals surface area contributed by atoms with Crippen molar-refractivity contribution in [3.8, 4) is 11.3 Å². The number of rotatable bonds is 9. The van der Waals surface area contributed by atoms with Crippen LogP contribution in [-0.4, -0.2) is 38.9 Å². The molecule has 0 bridgehead atoms. The molecule has 0 radical (unpaired) electrons. The number of hydrogen-bond donors (Lipinski definition) is 2. The van der Waals surface area contributed by atoms with Gasteiger partial charge in [0.05, 0.1) is 29.8 Å². The minimum absolute atomic E-state index is 0.0540. The smallest absolute Gasteiger partial charge is 0.167 e. The van der Waals surface area contributed by atoms with Crippen LogP contribution in [0.4, 0.5) is 0 Å². The molecule has 0 saturated heterocycles. The summed E-state index contributed by atoms with van der Waals surface area (Å²) in [4.78, 5) is 5.00. The van der Waals surface area contributed by atoms with Gasteiger partial charge in [-0.1, -0.05) is 66.4 Å². The Morgan fingerprint density at radius 3 is 2.45 bits per heavy atom. The Morgan fingerprint density at radius 1 is 1.08 bits per heavy atom. The number of benzene rings is 2. The third kappa shape index (κ3) is 6.15. The number of fused-ring (bicyclic) bond motifs is 1. The highest BCUT2D eigenvalue weighted by Crippen LogP contribution is 2.35. The largest absolute Gasteiger partial charge is 0.396 e. The molecule has 2 atom stereocenters. The van der Waals surface area contributed by atoms with Crippen molar-refractivity contribution >= 4 is 35.2 Å².